The van der Waals surface area contributed by atoms with Crippen LogP contribution in [0.25, 0.3) is 0 Å². The van der Waals surface area contributed by atoms with Gasteiger partial charge in [-0.1, -0.05) is 19.4 Å². The topological polar surface area (TPSA) is 29.3 Å². The summed E-state index contributed by atoms with van der Waals surface area (Å²) in [6.45, 7) is 5.15. The normalized spacial score (nSPS) is 13.4. The van der Waals surface area contributed by atoms with Crippen molar-refractivity contribution in [1.29, 1.82) is 0 Å². The smallest absolute Gasteiger partial charge is 0.0324 e. The quantitative estimate of drug-likeness (QED) is 0.783. The molecule has 0 saturated heterocycles. The predicted molar refractivity (Wildman–Crippen MR) is 63.5 cm³/mol. The third-order valence-corrected chi connectivity index (χ3v) is 3.35. The molecule has 0 aliphatic carbocycles. The molecule has 0 radical (unpaired) electrons. The van der Waals surface area contributed by atoms with Gasteiger partial charge in [0.2, 0.25) is 0 Å². The van der Waals surface area contributed by atoms with Gasteiger partial charge >= 0.3 is 0 Å². The minimum absolute atomic E-state index is 0.639. The Bertz CT molecular complexity index is 229. The third kappa shape index (κ3) is 3.78. The molecule has 0 fully saturated rings. The van der Waals surface area contributed by atoms with Gasteiger partial charge in [-0.3, -0.25) is 0 Å². The van der Waals surface area contributed by atoms with E-state index in [0.717, 1.165) is 19.6 Å². The van der Waals surface area contributed by atoms with E-state index in [0.29, 0.717) is 5.92 Å². The van der Waals surface area contributed by atoms with Crippen LogP contribution in [0.5, 0.6) is 0 Å². The average Bonchev–Trinajstić information content (AvgIpc) is 2.66. The van der Waals surface area contributed by atoms with Crippen molar-refractivity contribution in [1.82, 2.24) is 4.90 Å². The molecule has 1 unspecified atom stereocenters. The summed E-state index contributed by atoms with van der Waals surface area (Å²) in [5, 5.41) is 2.13. The zero-order valence-electron chi connectivity index (χ0n) is 9.07. The first-order valence-corrected chi connectivity index (χ1v) is 6.05. The summed E-state index contributed by atoms with van der Waals surface area (Å²) in [6, 6.07) is 4.29. The van der Waals surface area contributed by atoms with Crippen molar-refractivity contribution in [3.8, 4) is 0 Å². The minimum atomic E-state index is 0.639. The first kappa shape index (κ1) is 11.7. The average molecular weight is 212 g/mol. The van der Waals surface area contributed by atoms with Crippen molar-refractivity contribution in [3.05, 3.63) is 22.4 Å². The van der Waals surface area contributed by atoms with E-state index >= 15 is 0 Å². The van der Waals surface area contributed by atoms with Crippen LogP contribution in [0.1, 0.15) is 18.2 Å². The van der Waals surface area contributed by atoms with Gasteiger partial charge in [-0.25, -0.2) is 0 Å². The summed E-state index contributed by atoms with van der Waals surface area (Å²) in [6.07, 6.45) is 1.17. The van der Waals surface area contributed by atoms with Crippen LogP contribution in [0.15, 0.2) is 17.5 Å². The molecule has 0 aliphatic rings. The lowest BCUT2D eigenvalue weighted by Crippen LogP contribution is -2.29. The Morgan fingerprint density at radius 3 is 2.86 bits per heavy atom. The Balaban J connectivity index is 2.31. The second-order valence-corrected chi connectivity index (χ2v) is 4.82. The first-order chi connectivity index (χ1) is 6.76. The highest BCUT2D eigenvalue weighted by Gasteiger charge is 2.08. The largest absolute Gasteiger partial charge is 0.330 e. The van der Waals surface area contributed by atoms with Crippen LogP contribution >= 0.6 is 11.3 Å². The molecule has 2 N–H and O–H groups in total. The van der Waals surface area contributed by atoms with Crippen LogP contribution in [0.4, 0.5) is 0 Å². The van der Waals surface area contributed by atoms with E-state index in [2.05, 4.69) is 36.4 Å². The van der Waals surface area contributed by atoms with Crippen LogP contribution in [0.3, 0.4) is 0 Å². The van der Waals surface area contributed by atoms with E-state index in [4.69, 9.17) is 5.73 Å². The molecule has 0 amide bonds. The standard InChI is InChI=1S/C11H20N2S/c1-3-10(7-12)8-13(2)9-11-5-4-6-14-11/h4-6,10H,3,7-9,12H2,1-2H3. The minimum Gasteiger partial charge on any atom is -0.330 e. The van der Waals surface area contributed by atoms with Crippen LogP contribution in [0.2, 0.25) is 0 Å². The third-order valence-electron chi connectivity index (χ3n) is 2.49. The fourth-order valence-corrected chi connectivity index (χ4v) is 2.33. The fourth-order valence-electron chi connectivity index (χ4n) is 1.54. The number of thiophene rings is 1. The molecule has 0 aromatic carbocycles. The lowest BCUT2D eigenvalue weighted by atomic mass is 10.1. The SMILES string of the molecule is CCC(CN)CN(C)Cc1cccs1. The molecular weight excluding hydrogens is 192 g/mol. The maximum atomic E-state index is 5.68. The van der Waals surface area contributed by atoms with Gasteiger partial charge in [-0.15, -0.1) is 11.3 Å². The maximum Gasteiger partial charge on any atom is 0.0324 e. The summed E-state index contributed by atoms with van der Waals surface area (Å²) in [7, 11) is 2.16. The van der Waals surface area contributed by atoms with Crippen molar-refractivity contribution < 1.29 is 0 Å². The van der Waals surface area contributed by atoms with E-state index in [1.165, 1.54) is 11.3 Å². The number of rotatable bonds is 6. The lowest BCUT2D eigenvalue weighted by molar-refractivity contribution is 0.270. The Morgan fingerprint density at radius 2 is 2.36 bits per heavy atom. The second kappa shape index (κ2) is 6.17. The van der Waals surface area contributed by atoms with Crippen LogP contribution < -0.4 is 5.73 Å². The molecule has 2 nitrogen and oxygen atoms in total. The van der Waals surface area contributed by atoms with Gasteiger partial charge in [0.1, 0.15) is 0 Å². The molecule has 14 heavy (non-hydrogen) atoms. The van der Waals surface area contributed by atoms with E-state index in [1.54, 1.807) is 0 Å². The van der Waals surface area contributed by atoms with E-state index in [1.807, 2.05) is 11.3 Å². The van der Waals surface area contributed by atoms with Gasteiger partial charge in [-0.05, 0) is 31.0 Å². The molecule has 80 valence electrons. The molecule has 3 heteroatoms. The predicted octanol–water partition coefficient (Wildman–Crippen LogP) is 2.16. The van der Waals surface area contributed by atoms with Gasteiger partial charge in [0, 0.05) is 18.0 Å². The Hall–Kier alpha value is -0.380. The summed E-state index contributed by atoms with van der Waals surface area (Å²) < 4.78 is 0. The number of nitrogens with zero attached hydrogens (tertiary/aromatic N) is 1. The molecular formula is C11H20N2S. The second-order valence-electron chi connectivity index (χ2n) is 3.79. The molecule has 1 aromatic heterocycles. The number of hydrogen-bond acceptors (Lipinski definition) is 3. The van der Waals surface area contributed by atoms with Gasteiger partial charge in [0.15, 0.2) is 0 Å². The van der Waals surface area contributed by atoms with E-state index < -0.39 is 0 Å². The molecule has 0 bridgehead atoms. The molecule has 1 atom stereocenters. The zero-order chi connectivity index (χ0) is 10.4. The van der Waals surface area contributed by atoms with Crippen molar-refractivity contribution in [2.24, 2.45) is 11.7 Å². The Kier molecular flexibility index (Phi) is 5.15. The highest BCUT2D eigenvalue weighted by atomic mass is 32.1. The highest BCUT2D eigenvalue weighted by molar-refractivity contribution is 7.09. The van der Waals surface area contributed by atoms with E-state index in [-0.39, 0.29) is 0 Å². The first-order valence-electron chi connectivity index (χ1n) is 5.17. The maximum absolute atomic E-state index is 5.68. The summed E-state index contributed by atoms with van der Waals surface area (Å²) in [4.78, 5) is 3.78. The molecule has 0 aliphatic heterocycles. The van der Waals surface area contributed by atoms with Gasteiger partial charge in [-0.2, -0.15) is 0 Å². The highest BCUT2D eigenvalue weighted by Crippen LogP contribution is 2.12. The number of hydrogen-bond donors (Lipinski definition) is 1. The van der Waals surface area contributed by atoms with Crippen molar-refractivity contribution >= 4 is 11.3 Å². The molecule has 1 heterocycles. The summed E-state index contributed by atoms with van der Waals surface area (Å²) in [5.74, 6) is 0.639. The van der Waals surface area contributed by atoms with Crippen molar-refractivity contribution in [2.75, 3.05) is 20.1 Å². The molecule has 1 rings (SSSR count). The zero-order valence-corrected chi connectivity index (χ0v) is 9.89. The van der Waals surface area contributed by atoms with Crippen LogP contribution in [-0.2, 0) is 6.54 Å². The lowest BCUT2D eigenvalue weighted by Gasteiger charge is -2.21. The van der Waals surface area contributed by atoms with Crippen molar-refractivity contribution in [3.63, 3.8) is 0 Å². The molecule has 1 aromatic rings. The van der Waals surface area contributed by atoms with E-state index in [9.17, 15) is 0 Å². The van der Waals surface area contributed by atoms with Crippen LogP contribution in [-0.4, -0.2) is 25.0 Å². The van der Waals surface area contributed by atoms with Crippen molar-refractivity contribution in [2.45, 2.75) is 19.9 Å². The Morgan fingerprint density at radius 1 is 1.57 bits per heavy atom. The molecule has 0 saturated carbocycles. The van der Waals surface area contributed by atoms with Crippen LogP contribution in [0, 0.1) is 5.92 Å². The fraction of sp³-hybridized carbons (Fsp3) is 0.636. The summed E-state index contributed by atoms with van der Waals surface area (Å²) >= 11 is 1.82. The summed E-state index contributed by atoms with van der Waals surface area (Å²) in [5.41, 5.74) is 5.68. The van der Waals surface area contributed by atoms with Gasteiger partial charge in [0.05, 0.1) is 0 Å². The van der Waals surface area contributed by atoms with Gasteiger partial charge < -0.3 is 10.6 Å². The Labute approximate surface area is 90.7 Å². The van der Waals surface area contributed by atoms with Gasteiger partial charge in [0.25, 0.3) is 0 Å². The number of nitrogens with two attached hydrogens (primary N) is 1. The monoisotopic (exact) mass is 212 g/mol. The molecule has 0 spiro atoms.